The molecule has 1 aromatic heterocycles. The van der Waals surface area contributed by atoms with Crippen molar-refractivity contribution in [2.75, 3.05) is 39.4 Å². The monoisotopic (exact) mass is 252 g/mol. The van der Waals surface area contributed by atoms with Gasteiger partial charge in [0.25, 0.3) is 0 Å². The maximum Gasteiger partial charge on any atom is 0.241 e. The lowest BCUT2D eigenvalue weighted by Gasteiger charge is -2.26. The van der Waals surface area contributed by atoms with Crippen molar-refractivity contribution in [2.24, 2.45) is 0 Å². The molecule has 2 heterocycles. The van der Waals surface area contributed by atoms with Gasteiger partial charge in [0.2, 0.25) is 5.91 Å². The molecule has 0 bridgehead atoms. The highest BCUT2D eigenvalue weighted by atomic mass is 16.5. The molecule has 0 saturated carbocycles. The summed E-state index contributed by atoms with van der Waals surface area (Å²) in [6.45, 7) is 7.30. The van der Waals surface area contributed by atoms with E-state index in [0.29, 0.717) is 6.54 Å². The van der Waals surface area contributed by atoms with E-state index in [4.69, 9.17) is 4.74 Å². The lowest BCUT2D eigenvalue weighted by Crippen LogP contribution is -2.41. The fraction of sp³-hybridized carbons (Fsp3) is 0.667. The lowest BCUT2D eigenvalue weighted by molar-refractivity contribution is -0.121. The van der Waals surface area contributed by atoms with Crippen LogP contribution in [0.1, 0.15) is 5.56 Å². The Morgan fingerprint density at radius 3 is 2.94 bits per heavy atom. The molecule has 1 fully saturated rings. The van der Waals surface area contributed by atoms with Crippen LogP contribution in [0.15, 0.2) is 12.4 Å². The first kappa shape index (κ1) is 13.0. The molecule has 1 amide bonds. The third-order valence-electron chi connectivity index (χ3n) is 2.92. The predicted octanol–water partition coefficient (Wildman–Crippen LogP) is -0.360. The van der Waals surface area contributed by atoms with E-state index in [0.717, 1.165) is 38.4 Å². The minimum atomic E-state index is 0.00589. The first-order valence-electron chi connectivity index (χ1n) is 6.30. The second-order valence-corrected chi connectivity index (χ2v) is 4.52. The van der Waals surface area contributed by atoms with Crippen LogP contribution in [0.5, 0.6) is 0 Å². The summed E-state index contributed by atoms with van der Waals surface area (Å²) in [5.74, 6) is 0.00589. The van der Waals surface area contributed by atoms with Gasteiger partial charge in [0, 0.05) is 32.4 Å². The molecule has 0 unspecified atom stereocenters. The van der Waals surface area contributed by atoms with Crippen LogP contribution in [-0.4, -0.2) is 60.0 Å². The summed E-state index contributed by atoms with van der Waals surface area (Å²) in [6.07, 6.45) is 3.61. The number of hydrogen-bond donors (Lipinski definition) is 1. The first-order chi connectivity index (χ1) is 8.74. The number of nitrogens with one attached hydrogen (secondary N) is 1. The molecule has 2 rings (SSSR count). The van der Waals surface area contributed by atoms with Crippen molar-refractivity contribution >= 4 is 5.91 Å². The molecule has 1 aliphatic heterocycles. The lowest BCUT2D eigenvalue weighted by atomic mass is 10.4. The quantitative estimate of drug-likeness (QED) is 0.777. The molecule has 0 aromatic carbocycles. The van der Waals surface area contributed by atoms with Crippen molar-refractivity contribution in [3.63, 3.8) is 0 Å². The number of nitrogens with zero attached hydrogens (tertiary/aromatic N) is 3. The van der Waals surface area contributed by atoms with Crippen LogP contribution in [0, 0.1) is 6.92 Å². The fourth-order valence-electron chi connectivity index (χ4n) is 1.93. The molecule has 0 spiro atoms. The largest absolute Gasteiger partial charge is 0.379 e. The summed E-state index contributed by atoms with van der Waals surface area (Å²) in [5.41, 5.74) is 1.07. The summed E-state index contributed by atoms with van der Waals surface area (Å²) in [4.78, 5) is 13.9. The van der Waals surface area contributed by atoms with Crippen LogP contribution in [0.4, 0.5) is 0 Å². The van der Waals surface area contributed by atoms with Gasteiger partial charge in [0.05, 0.1) is 19.4 Å². The molecule has 1 saturated heterocycles. The van der Waals surface area contributed by atoms with E-state index in [1.54, 1.807) is 10.9 Å². The van der Waals surface area contributed by atoms with Crippen molar-refractivity contribution in [3.8, 4) is 0 Å². The Kier molecular flexibility index (Phi) is 4.72. The first-order valence-corrected chi connectivity index (χ1v) is 6.30. The zero-order valence-electron chi connectivity index (χ0n) is 10.8. The van der Waals surface area contributed by atoms with E-state index in [9.17, 15) is 4.79 Å². The number of aromatic nitrogens is 2. The summed E-state index contributed by atoms with van der Waals surface area (Å²) in [6, 6.07) is 0. The summed E-state index contributed by atoms with van der Waals surface area (Å²) < 4.78 is 6.92. The Balaban J connectivity index is 1.62. The molecule has 6 heteroatoms. The maximum absolute atomic E-state index is 11.6. The molecule has 0 aliphatic carbocycles. The Morgan fingerprint density at radius 1 is 1.50 bits per heavy atom. The van der Waals surface area contributed by atoms with E-state index in [2.05, 4.69) is 15.3 Å². The third kappa shape index (κ3) is 4.12. The Morgan fingerprint density at radius 2 is 2.28 bits per heavy atom. The maximum atomic E-state index is 11.6. The molecule has 18 heavy (non-hydrogen) atoms. The van der Waals surface area contributed by atoms with Crippen molar-refractivity contribution in [3.05, 3.63) is 18.0 Å². The van der Waals surface area contributed by atoms with Crippen LogP contribution >= 0.6 is 0 Å². The van der Waals surface area contributed by atoms with Crippen molar-refractivity contribution < 1.29 is 9.53 Å². The van der Waals surface area contributed by atoms with Gasteiger partial charge in [-0.15, -0.1) is 0 Å². The number of ether oxygens (including phenoxy) is 1. The molecule has 0 atom stereocenters. The molecule has 0 radical (unpaired) electrons. The number of aryl methyl sites for hydroxylation is 1. The second-order valence-electron chi connectivity index (χ2n) is 4.52. The highest BCUT2D eigenvalue weighted by Gasteiger charge is 2.10. The average Bonchev–Trinajstić information content (AvgIpc) is 2.76. The van der Waals surface area contributed by atoms with Crippen LogP contribution in [0.25, 0.3) is 0 Å². The minimum absolute atomic E-state index is 0.00589. The van der Waals surface area contributed by atoms with Gasteiger partial charge >= 0.3 is 0 Å². The number of hydrogen-bond acceptors (Lipinski definition) is 4. The van der Waals surface area contributed by atoms with Gasteiger partial charge in [-0.2, -0.15) is 5.10 Å². The number of carbonyl (C=O) groups excluding carboxylic acids is 1. The van der Waals surface area contributed by atoms with Gasteiger partial charge in [0.1, 0.15) is 6.54 Å². The van der Waals surface area contributed by atoms with Gasteiger partial charge in [-0.05, 0) is 12.5 Å². The van der Waals surface area contributed by atoms with Gasteiger partial charge in [-0.1, -0.05) is 0 Å². The molecule has 6 nitrogen and oxygen atoms in total. The van der Waals surface area contributed by atoms with Gasteiger partial charge < -0.3 is 10.1 Å². The summed E-state index contributed by atoms with van der Waals surface area (Å²) in [5, 5.41) is 6.99. The minimum Gasteiger partial charge on any atom is -0.379 e. The molecule has 1 aromatic rings. The van der Waals surface area contributed by atoms with Crippen LogP contribution < -0.4 is 5.32 Å². The van der Waals surface area contributed by atoms with Crippen LogP contribution in [0.2, 0.25) is 0 Å². The molecule has 100 valence electrons. The normalized spacial score (nSPS) is 16.7. The van der Waals surface area contributed by atoms with E-state index in [1.165, 1.54) is 0 Å². The SMILES string of the molecule is Cc1cnn(CC(=O)NCCN2CCOCC2)c1. The summed E-state index contributed by atoms with van der Waals surface area (Å²) >= 11 is 0. The zero-order valence-corrected chi connectivity index (χ0v) is 10.8. The standard InChI is InChI=1S/C12H20N4O2/c1-11-8-14-16(9-11)10-12(17)13-2-3-15-4-6-18-7-5-15/h8-9H,2-7,10H2,1H3,(H,13,17). The average molecular weight is 252 g/mol. The Hall–Kier alpha value is -1.40. The smallest absolute Gasteiger partial charge is 0.241 e. The second kappa shape index (κ2) is 6.51. The molecular formula is C12H20N4O2. The van der Waals surface area contributed by atoms with Gasteiger partial charge in [-0.3, -0.25) is 14.4 Å². The molecular weight excluding hydrogens is 232 g/mol. The fourth-order valence-corrected chi connectivity index (χ4v) is 1.93. The number of carbonyl (C=O) groups is 1. The highest BCUT2D eigenvalue weighted by molar-refractivity contribution is 5.75. The number of amides is 1. The van der Waals surface area contributed by atoms with Gasteiger partial charge in [-0.25, -0.2) is 0 Å². The van der Waals surface area contributed by atoms with Crippen molar-refractivity contribution in [1.82, 2.24) is 20.0 Å². The van der Waals surface area contributed by atoms with Crippen molar-refractivity contribution in [2.45, 2.75) is 13.5 Å². The highest BCUT2D eigenvalue weighted by Crippen LogP contribution is 1.95. The van der Waals surface area contributed by atoms with Crippen LogP contribution in [-0.2, 0) is 16.1 Å². The van der Waals surface area contributed by atoms with Crippen molar-refractivity contribution in [1.29, 1.82) is 0 Å². The third-order valence-corrected chi connectivity index (χ3v) is 2.92. The van der Waals surface area contributed by atoms with Gasteiger partial charge in [0.15, 0.2) is 0 Å². The topological polar surface area (TPSA) is 59.4 Å². The zero-order chi connectivity index (χ0) is 12.8. The van der Waals surface area contributed by atoms with E-state index >= 15 is 0 Å². The van der Waals surface area contributed by atoms with Crippen LogP contribution in [0.3, 0.4) is 0 Å². The Bertz CT molecular complexity index is 385. The van der Waals surface area contributed by atoms with E-state index in [-0.39, 0.29) is 12.5 Å². The summed E-state index contributed by atoms with van der Waals surface area (Å²) in [7, 11) is 0. The molecule has 1 aliphatic rings. The molecule has 1 N–H and O–H groups in total. The Labute approximate surface area is 107 Å². The predicted molar refractivity (Wildman–Crippen MR) is 67.2 cm³/mol. The van der Waals surface area contributed by atoms with E-state index < -0.39 is 0 Å². The number of rotatable bonds is 5. The number of morpholine rings is 1. The van der Waals surface area contributed by atoms with E-state index in [1.807, 2.05) is 13.1 Å².